The van der Waals surface area contributed by atoms with Crippen LogP contribution in [0.15, 0.2) is 76.0 Å². The molecule has 1 aliphatic heterocycles. The molecule has 3 atom stereocenters. The first kappa shape index (κ1) is 15.2. The number of nitrogens with one attached hydrogen (secondary N) is 1. The van der Waals surface area contributed by atoms with E-state index in [0.29, 0.717) is 0 Å². The van der Waals surface area contributed by atoms with Gasteiger partial charge in [0.1, 0.15) is 23.1 Å². The molecule has 1 aromatic carbocycles. The van der Waals surface area contributed by atoms with Gasteiger partial charge in [-0.2, -0.15) is 0 Å². The van der Waals surface area contributed by atoms with Gasteiger partial charge in [0.25, 0.3) is 0 Å². The summed E-state index contributed by atoms with van der Waals surface area (Å²) >= 11 is 0. The average Bonchev–Trinajstić information content (AvgIpc) is 3.33. The summed E-state index contributed by atoms with van der Waals surface area (Å²) in [5.74, 6) is 1.29. The summed E-state index contributed by atoms with van der Waals surface area (Å²) in [4.78, 5) is 12.2. The fraction of sp³-hybridized carbons (Fsp3) is 0.167. The summed E-state index contributed by atoms with van der Waals surface area (Å²) in [6, 6.07) is 17.8. The lowest BCUT2D eigenvalue weighted by Gasteiger charge is -2.24. The predicted octanol–water partition coefficient (Wildman–Crippen LogP) is 3.74. The van der Waals surface area contributed by atoms with Gasteiger partial charge >= 0.3 is 0 Å². The maximum Gasteiger partial charge on any atom is 0.234 e. The largest absolute Gasteiger partial charge is 0.467 e. The maximum absolute atomic E-state index is 12.2. The second kappa shape index (κ2) is 6.27. The molecule has 0 bridgehead atoms. The third-order valence-corrected chi connectivity index (χ3v) is 6.88. The number of carbonyl (C=O) groups excluding carboxylic acids is 1. The third-order valence-electron chi connectivity index (χ3n) is 4.05. The molecule has 1 unspecified atom stereocenters. The van der Waals surface area contributed by atoms with Gasteiger partial charge in [-0.25, -0.2) is 5.43 Å². The van der Waals surface area contributed by atoms with Crippen molar-refractivity contribution in [2.45, 2.75) is 18.5 Å². The quantitative estimate of drug-likeness (QED) is 0.738. The molecule has 3 aromatic rings. The molecule has 3 heterocycles. The van der Waals surface area contributed by atoms with Gasteiger partial charge in [0, 0.05) is 6.92 Å². The van der Waals surface area contributed by atoms with Crippen molar-refractivity contribution in [2.24, 2.45) is 0 Å². The lowest BCUT2D eigenvalue weighted by molar-refractivity contribution is -0.132. The van der Waals surface area contributed by atoms with Crippen LogP contribution >= 0.6 is 7.92 Å². The number of amides is 1. The van der Waals surface area contributed by atoms with Crippen molar-refractivity contribution in [3.05, 3.63) is 78.6 Å². The first-order valence-electron chi connectivity index (χ1n) is 7.72. The van der Waals surface area contributed by atoms with E-state index in [-0.39, 0.29) is 17.5 Å². The Balaban J connectivity index is 1.85. The second-order valence-electron chi connectivity index (χ2n) is 5.57. The van der Waals surface area contributed by atoms with E-state index >= 15 is 0 Å². The molecule has 1 saturated heterocycles. The van der Waals surface area contributed by atoms with Crippen LogP contribution in [0.25, 0.3) is 0 Å². The standard InChI is InChI=1S/C18H17N2O3P/c1-13(21)20-18(16-10-6-12-23-16)24(14-7-3-2-4-8-14)17(19-20)15-9-5-11-22-15/h2-12,17-19H,1H3/t17-,18+,24?/m1/s1. The highest BCUT2D eigenvalue weighted by atomic mass is 31.1. The third kappa shape index (κ3) is 2.56. The van der Waals surface area contributed by atoms with Crippen LogP contribution in [-0.4, -0.2) is 10.9 Å². The Bertz CT molecular complexity index is 802. The predicted molar refractivity (Wildman–Crippen MR) is 91.5 cm³/mol. The zero-order valence-corrected chi connectivity index (χ0v) is 14.0. The highest BCUT2D eigenvalue weighted by Crippen LogP contribution is 2.64. The number of rotatable bonds is 3. The number of hydrogen-bond acceptors (Lipinski definition) is 4. The fourth-order valence-corrected chi connectivity index (χ4v) is 5.98. The molecule has 0 saturated carbocycles. The summed E-state index contributed by atoms with van der Waals surface area (Å²) in [6.45, 7) is 1.56. The zero-order chi connectivity index (χ0) is 16.5. The van der Waals surface area contributed by atoms with Crippen molar-refractivity contribution in [3.8, 4) is 0 Å². The molecule has 0 radical (unpaired) electrons. The summed E-state index contributed by atoms with van der Waals surface area (Å²) in [7, 11) is -0.833. The summed E-state index contributed by atoms with van der Waals surface area (Å²) in [5.41, 5.74) is 3.34. The summed E-state index contributed by atoms with van der Waals surface area (Å²) in [5, 5.41) is 2.86. The highest BCUT2D eigenvalue weighted by molar-refractivity contribution is 7.66. The number of nitrogens with zero attached hydrogens (tertiary/aromatic N) is 1. The Morgan fingerprint density at radius 1 is 1.00 bits per heavy atom. The van der Waals surface area contributed by atoms with Crippen molar-refractivity contribution < 1.29 is 13.6 Å². The Morgan fingerprint density at radius 2 is 1.67 bits per heavy atom. The second-order valence-corrected chi connectivity index (χ2v) is 7.90. The van der Waals surface area contributed by atoms with Crippen LogP contribution in [0.1, 0.15) is 30.0 Å². The van der Waals surface area contributed by atoms with Gasteiger partial charge in [-0.05, 0) is 37.5 Å². The van der Waals surface area contributed by atoms with Crippen molar-refractivity contribution in [1.82, 2.24) is 10.4 Å². The van der Waals surface area contributed by atoms with Crippen LogP contribution in [0, 0.1) is 0 Å². The van der Waals surface area contributed by atoms with E-state index < -0.39 is 7.92 Å². The first-order valence-corrected chi connectivity index (χ1v) is 9.20. The Hall–Kier alpha value is -2.36. The first-order chi connectivity index (χ1) is 11.8. The minimum Gasteiger partial charge on any atom is -0.467 e. The number of hydrogen-bond donors (Lipinski definition) is 1. The Labute approximate surface area is 141 Å². The Morgan fingerprint density at radius 3 is 2.25 bits per heavy atom. The van der Waals surface area contributed by atoms with Gasteiger partial charge in [0.05, 0.1) is 12.5 Å². The van der Waals surface area contributed by atoms with E-state index in [1.54, 1.807) is 24.5 Å². The van der Waals surface area contributed by atoms with Gasteiger partial charge in [-0.1, -0.05) is 30.3 Å². The maximum atomic E-state index is 12.2. The molecular weight excluding hydrogens is 323 g/mol. The molecule has 4 rings (SSSR count). The van der Waals surface area contributed by atoms with Crippen LogP contribution in [0.3, 0.4) is 0 Å². The van der Waals surface area contributed by atoms with Crippen molar-refractivity contribution in [1.29, 1.82) is 0 Å². The SMILES string of the molecule is CC(=O)N1N[C@@H](c2ccco2)P(c2ccccc2)[C@H]1c1ccco1. The molecule has 1 amide bonds. The van der Waals surface area contributed by atoms with Crippen LogP contribution < -0.4 is 10.7 Å². The molecule has 1 aliphatic rings. The number of benzene rings is 1. The van der Waals surface area contributed by atoms with E-state index in [2.05, 4.69) is 17.6 Å². The van der Waals surface area contributed by atoms with Crippen LogP contribution in [0.5, 0.6) is 0 Å². The number of hydrazine groups is 1. The monoisotopic (exact) mass is 340 g/mol. The smallest absolute Gasteiger partial charge is 0.234 e. The van der Waals surface area contributed by atoms with Crippen LogP contribution in [0.4, 0.5) is 0 Å². The van der Waals surface area contributed by atoms with Gasteiger partial charge in [0.15, 0.2) is 0 Å². The van der Waals surface area contributed by atoms with Gasteiger partial charge < -0.3 is 8.83 Å². The van der Waals surface area contributed by atoms with Crippen LogP contribution in [-0.2, 0) is 4.79 Å². The molecule has 24 heavy (non-hydrogen) atoms. The van der Waals surface area contributed by atoms with E-state index in [1.165, 1.54) is 5.30 Å². The topological polar surface area (TPSA) is 58.6 Å². The molecule has 0 spiro atoms. The Kier molecular flexibility index (Phi) is 3.97. The minimum atomic E-state index is -0.833. The molecule has 6 heteroatoms. The number of carbonyl (C=O) groups is 1. The van der Waals surface area contributed by atoms with Crippen molar-refractivity contribution in [2.75, 3.05) is 0 Å². The molecule has 5 nitrogen and oxygen atoms in total. The number of furan rings is 2. The normalized spacial score (nSPS) is 23.5. The molecular formula is C18H17N2O3P. The summed E-state index contributed by atoms with van der Waals surface area (Å²) < 4.78 is 11.3. The minimum absolute atomic E-state index is 0.0473. The fourth-order valence-electron chi connectivity index (χ4n) is 3.03. The molecule has 2 aromatic heterocycles. The van der Waals surface area contributed by atoms with Gasteiger partial charge in [-0.3, -0.25) is 9.80 Å². The molecule has 0 aliphatic carbocycles. The van der Waals surface area contributed by atoms with Gasteiger partial charge in [0.2, 0.25) is 5.91 Å². The highest BCUT2D eigenvalue weighted by Gasteiger charge is 2.47. The molecule has 122 valence electrons. The van der Waals surface area contributed by atoms with Crippen LogP contribution in [0.2, 0.25) is 0 Å². The van der Waals surface area contributed by atoms with E-state index in [0.717, 1.165) is 11.5 Å². The van der Waals surface area contributed by atoms with Gasteiger partial charge in [-0.15, -0.1) is 0 Å². The van der Waals surface area contributed by atoms with E-state index in [4.69, 9.17) is 8.83 Å². The molecule has 1 fully saturated rings. The lowest BCUT2D eigenvalue weighted by atomic mass is 10.4. The van der Waals surface area contributed by atoms with Crippen molar-refractivity contribution >= 4 is 19.1 Å². The van der Waals surface area contributed by atoms with Crippen molar-refractivity contribution in [3.63, 3.8) is 0 Å². The average molecular weight is 340 g/mol. The summed E-state index contributed by atoms with van der Waals surface area (Å²) in [6.07, 6.45) is 3.31. The van der Waals surface area contributed by atoms with E-state index in [9.17, 15) is 4.79 Å². The zero-order valence-electron chi connectivity index (χ0n) is 13.1. The van der Waals surface area contributed by atoms with E-state index in [1.807, 2.05) is 42.5 Å². The lowest BCUT2D eigenvalue weighted by Crippen LogP contribution is -2.37. The molecule has 1 N–H and O–H groups in total.